The van der Waals surface area contributed by atoms with Gasteiger partial charge in [-0.05, 0) is 6.92 Å². The molecule has 0 rings (SSSR count). The molecule has 0 saturated heterocycles. The van der Waals surface area contributed by atoms with E-state index in [1.54, 1.807) is 6.92 Å². The van der Waals surface area contributed by atoms with Gasteiger partial charge in [0.05, 0.1) is 12.0 Å². The number of amides is 1. The van der Waals surface area contributed by atoms with Crippen molar-refractivity contribution in [2.24, 2.45) is 5.41 Å². The molecular weight excluding hydrogens is 162 g/mol. The Morgan fingerprint density at radius 3 is 2.62 bits per heavy atom. The highest BCUT2D eigenvalue weighted by atomic mass is 16.2. The van der Waals surface area contributed by atoms with Crippen molar-refractivity contribution in [1.82, 2.24) is 5.32 Å². The Hall–Kier alpha value is -1.41. The Bertz CT molecular complexity index is 273. The van der Waals surface area contributed by atoms with E-state index in [9.17, 15) is 4.79 Å². The average Bonchev–Trinajstić information content (AvgIpc) is 2.04. The largest absolute Gasteiger partial charge is 0.345 e. The summed E-state index contributed by atoms with van der Waals surface area (Å²) in [6, 6.07) is 0. The molecule has 1 N–H and O–H groups in total. The molecule has 2 nitrogen and oxygen atoms in total. The molecular formula is C11H15NO. The molecule has 0 aromatic carbocycles. The third-order valence-corrected chi connectivity index (χ3v) is 1.67. The lowest BCUT2D eigenvalue weighted by atomic mass is 9.89. The van der Waals surface area contributed by atoms with Gasteiger partial charge in [0.15, 0.2) is 0 Å². The molecule has 0 saturated carbocycles. The lowest BCUT2D eigenvalue weighted by Gasteiger charge is -2.19. The van der Waals surface area contributed by atoms with Gasteiger partial charge in [0.1, 0.15) is 0 Å². The van der Waals surface area contributed by atoms with E-state index in [1.165, 1.54) is 0 Å². The van der Waals surface area contributed by atoms with Crippen molar-refractivity contribution in [1.29, 1.82) is 0 Å². The van der Waals surface area contributed by atoms with E-state index < -0.39 is 5.41 Å². The SMILES string of the molecule is C#CCC(C)(C)C(=O)NCC#CC. The number of rotatable bonds is 3. The molecule has 13 heavy (non-hydrogen) atoms. The van der Waals surface area contributed by atoms with Crippen LogP contribution in [0.4, 0.5) is 0 Å². The molecule has 0 heterocycles. The Morgan fingerprint density at radius 1 is 1.54 bits per heavy atom. The van der Waals surface area contributed by atoms with Crippen LogP contribution in [0.1, 0.15) is 27.2 Å². The second-order valence-electron chi connectivity index (χ2n) is 3.37. The Morgan fingerprint density at radius 2 is 2.15 bits per heavy atom. The molecule has 0 aromatic rings. The first-order chi connectivity index (χ1) is 6.04. The van der Waals surface area contributed by atoms with Crippen LogP contribution in [0, 0.1) is 29.6 Å². The normalized spacial score (nSPS) is 9.38. The third-order valence-electron chi connectivity index (χ3n) is 1.67. The molecule has 2 heteroatoms. The third kappa shape index (κ3) is 4.23. The van der Waals surface area contributed by atoms with E-state index >= 15 is 0 Å². The molecule has 0 unspecified atom stereocenters. The minimum atomic E-state index is -0.496. The van der Waals surface area contributed by atoms with Gasteiger partial charge in [0.2, 0.25) is 5.91 Å². The summed E-state index contributed by atoms with van der Waals surface area (Å²) in [5.41, 5.74) is -0.496. The molecule has 0 aliphatic carbocycles. The van der Waals surface area contributed by atoms with Gasteiger partial charge in [-0.1, -0.05) is 19.8 Å². The predicted molar refractivity (Wildman–Crippen MR) is 53.7 cm³/mol. The summed E-state index contributed by atoms with van der Waals surface area (Å²) in [6.45, 7) is 5.77. The average molecular weight is 177 g/mol. The molecule has 0 aliphatic heterocycles. The van der Waals surface area contributed by atoms with Crippen LogP contribution in [-0.4, -0.2) is 12.5 Å². The van der Waals surface area contributed by atoms with Crippen LogP contribution in [0.15, 0.2) is 0 Å². The number of terminal acetylenes is 1. The lowest BCUT2D eigenvalue weighted by molar-refractivity contribution is -0.128. The molecule has 0 atom stereocenters. The van der Waals surface area contributed by atoms with Crippen molar-refractivity contribution in [2.45, 2.75) is 27.2 Å². The lowest BCUT2D eigenvalue weighted by Crippen LogP contribution is -2.36. The Balaban J connectivity index is 4.08. The zero-order valence-electron chi connectivity index (χ0n) is 8.40. The highest BCUT2D eigenvalue weighted by Crippen LogP contribution is 2.18. The van der Waals surface area contributed by atoms with Crippen molar-refractivity contribution in [3.8, 4) is 24.2 Å². The van der Waals surface area contributed by atoms with E-state index in [4.69, 9.17) is 6.42 Å². The molecule has 0 spiro atoms. The minimum absolute atomic E-state index is 0.0480. The second-order valence-corrected chi connectivity index (χ2v) is 3.37. The first kappa shape index (κ1) is 11.6. The molecule has 1 amide bonds. The predicted octanol–water partition coefficient (Wildman–Crippen LogP) is 1.18. The number of hydrogen-bond acceptors (Lipinski definition) is 1. The van der Waals surface area contributed by atoms with Crippen LogP contribution >= 0.6 is 0 Å². The van der Waals surface area contributed by atoms with E-state index in [0.717, 1.165) is 0 Å². The Kier molecular flexibility index (Phi) is 4.70. The van der Waals surface area contributed by atoms with Gasteiger partial charge in [-0.15, -0.1) is 18.3 Å². The maximum atomic E-state index is 11.5. The number of nitrogens with one attached hydrogen (secondary N) is 1. The van der Waals surface area contributed by atoms with E-state index in [2.05, 4.69) is 23.1 Å². The van der Waals surface area contributed by atoms with Gasteiger partial charge in [0, 0.05) is 6.42 Å². The van der Waals surface area contributed by atoms with Crippen LogP contribution in [-0.2, 0) is 4.79 Å². The van der Waals surface area contributed by atoms with Crippen LogP contribution in [0.2, 0.25) is 0 Å². The molecule has 0 fully saturated rings. The van der Waals surface area contributed by atoms with Gasteiger partial charge in [-0.3, -0.25) is 4.79 Å². The first-order valence-electron chi connectivity index (χ1n) is 4.16. The second kappa shape index (κ2) is 5.27. The zero-order chi connectivity index (χ0) is 10.3. The van der Waals surface area contributed by atoms with Crippen LogP contribution < -0.4 is 5.32 Å². The van der Waals surface area contributed by atoms with Crippen LogP contribution in [0.25, 0.3) is 0 Å². The Labute approximate surface area is 80.1 Å². The molecule has 0 radical (unpaired) electrons. The summed E-state index contributed by atoms with van der Waals surface area (Å²) in [6.07, 6.45) is 5.59. The summed E-state index contributed by atoms with van der Waals surface area (Å²) in [7, 11) is 0. The number of carbonyl (C=O) groups excluding carboxylic acids is 1. The fourth-order valence-electron chi connectivity index (χ4n) is 0.788. The standard InChI is InChI=1S/C11H15NO/c1-5-7-9-12-10(13)11(3,4)8-6-2/h2H,8-9H2,1,3-4H3,(H,12,13). The van der Waals surface area contributed by atoms with Crippen molar-refractivity contribution in [3.63, 3.8) is 0 Å². The minimum Gasteiger partial charge on any atom is -0.345 e. The molecule has 70 valence electrons. The van der Waals surface area contributed by atoms with Gasteiger partial charge < -0.3 is 5.32 Å². The van der Waals surface area contributed by atoms with Gasteiger partial charge in [-0.25, -0.2) is 0 Å². The van der Waals surface area contributed by atoms with E-state index in [0.29, 0.717) is 13.0 Å². The maximum Gasteiger partial charge on any atom is 0.227 e. The van der Waals surface area contributed by atoms with Crippen molar-refractivity contribution in [3.05, 3.63) is 0 Å². The fraction of sp³-hybridized carbons (Fsp3) is 0.545. The summed E-state index contributed by atoms with van der Waals surface area (Å²) in [4.78, 5) is 11.5. The number of carbonyl (C=O) groups is 1. The van der Waals surface area contributed by atoms with Crippen molar-refractivity contribution >= 4 is 5.91 Å². The van der Waals surface area contributed by atoms with Gasteiger partial charge in [-0.2, -0.15) is 0 Å². The van der Waals surface area contributed by atoms with Crippen molar-refractivity contribution in [2.75, 3.05) is 6.54 Å². The monoisotopic (exact) mass is 177 g/mol. The highest BCUT2D eigenvalue weighted by Gasteiger charge is 2.25. The molecule has 0 aliphatic rings. The highest BCUT2D eigenvalue weighted by molar-refractivity contribution is 5.82. The quantitative estimate of drug-likeness (QED) is 0.644. The van der Waals surface area contributed by atoms with Gasteiger partial charge in [0.25, 0.3) is 0 Å². The summed E-state index contributed by atoms with van der Waals surface area (Å²) < 4.78 is 0. The van der Waals surface area contributed by atoms with Gasteiger partial charge >= 0.3 is 0 Å². The maximum absolute atomic E-state index is 11.5. The van der Waals surface area contributed by atoms with E-state index in [-0.39, 0.29) is 5.91 Å². The summed E-state index contributed by atoms with van der Waals surface area (Å²) >= 11 is 0. The molecule has 0 aromatic heterocycles. The summed E-state index contributed by atoms with van der Waals surface area (Å²) in [5.74, 6) is 7.90. The smallest absolute Gasteiger partial charge is 0.227 e. The zero-order valence-corrected chi connectivity index (χ0v) is 8.40. The van der Waals surface area contributed by atoms with Crippen LogP contribution in [0.3, 0.4) is 0 Å². The summed E-state index contributed by atoms with van der Waals surface area (Å²) in [5, 5.41) is 2.70. The van der Waals surface area contributed by atoms with Crippen LogP contribution in [0.5, 0.6) is 0 Å². The fourth-order valence-corrected chi connectivity index (χ4v) is 0.788. The number of hydrogen-bond donors (Lipinski definition) is 1. The first-order valence-corrected chi connectivity index (χ1v) is 4.16. The topological polar surface area (TPSA) is 29.1 Å². The molecule has 0 bridgehead atoms. The van der Waals surface area contributed by atoms with Crippen molar-refractivity contribution < 1.29 is 4.79 Å². The van der Waals surface area contributed by atoms with E-state index in [1.807, 2.05) is 13.8 Å².